The third kappa shape index (κ3) is 7.36. The molecule has 1 saturated carbocycles. The van der Waals surface area contributed by atoms with Gasteiger partial charge in [-0.15, -0.1) is 0 Å². The first-order valence-electron chi connectivity index (χ1n) is 18.0. The van der Waals surface area contributed by atoms with E-state index in [-0.39, 0.29) is 17.1 Å². The molecule has 1 aromatic carbocycles. The minimum atomic E-state index is -4.58. The van der Waals surface area contributed by atoms with Crippen LogP contribution in [-0.4, -0.2) is 63.3 Å². The number of nitrogens with zero attached hydrogens (tertiary/aromatic N) is 5. The monoisotopic (exact) mass is 654 g/mol. The lowest BCUT2D eigenvalue weighted by atomic mass is 9.67. The molecule has 0 bridgehead atoms. The summed E-state index contributed by atoms with van der Waals surface area (Å²) in [7, 11) is 2.18. The molecule has 2 saturated heterocycles. The van der Waals surface area contributed by atoms with Crippen LogP contribution in [0, 0.1) is 5.92 Å². The first-order valence-corrected chi connectivity index (χ1v) is 18.0. The maximum absolute atomic E-state index is 14.5. The molecule has 4 heterocycles. The van der Waals surface area contributed by atoms with Gasteiger partial charge in [-0.1, -0.05) is 70.9 Å². The lowest BCUT2D eigenvalue weighted by Gasteiger charge is -2.45. The largest absolute Gasteiger partial charge is 0.418 e. The van der Waals surface area contributed by atoms with E-state index in [9.17, 15) is 18.0 Å². The number of halogens is 3. The number of unbranched alkanes of at least 4 members (excludes halogenated alkanes) is 4. The molecule has 3 aliphatic rings. The van der Waals surface area contributed by atoms with Crippen molar-refractivity contribution in [1.29, 1.82) is 0 Å². The van der Waals surface area contributed by atoms with Crippen LogP contribution in [0.15, 0.2) is 47.5 Å². The molecule has 0 amide bonds. The minimum absolute atomic E-state index is 0.107. The number of imidazole rings is 1. The van der Waals surface area contributed by atoms with E-state index in [1.807, 2.05) is 12.1 Å². The Labute approximate surface area is 277 Å². The lowest BCUT2D eigenvalue weighted by molar-refractivity contribution is -0.136. The maximum Gasteiger partial charge on any atom is 0.418 e. The van der Waals surface area contributed by atoms with Crippen LogP contribution in [0.1, 0.15) is 108 Å². The topological polar surface area (TPSA) is 48.2 Å². The number of pyridine rings is 1. The second-order valence-electron chi connectivity index (χ2n) is 14.7. The summed E-state index contributed by atoms with van der Waals surface area (Å²) >= 11 is 0. The molecule has 0 spiro atoms. The Morgan fingerprint density at radius 2 is 1.79 bits per heavy atom. The molecule has 1 N–H and O–H groups in total. The Morgan fingerprint density at radius 3 is 2.53 bits per heavy atom. The van der Waals surface area contributed by atoms with E-state index in [2.05, 4.69) is 53.3 Å². The fourth-order valence-electron chi connectivity index (χ4n) is 8.55. The van der Waals surface area contributed by atoms with Gasteiger partial charge in [0.15, 0.2) is 0 Å². The highest BCUT2D eigenvalue weighted by molar-refractivity contribution is 5.58. The average molecular weight is 655 g/mol. The number of rotatable bonds is 11. The van der Waals surface area contributed by atoms with E-state index in [0.29, 0.717) is 23.7 Å². The zero-order valence-corrected chi connectivity index (χ0v) is 28.5. The molecule has 0 radical (unpaired) electrons. The van der Waals surface area contributed by atoms with Crippen LogP contribution in [0.5, 0.6) is 0 Å². The molecule has 3 fully saturated rings. The lowest BCUT2D eigenvalue weighted by Crippen LogP contribution is -2.54. The molecule has 7 nitrogen and oxygen atoms in total. The molecule has 1 aliphatic carbocycles. The van der Waals surface area contributed by atoms with Gasteiger partial charge in [0.05, 0.1) is 29.6 Å². The van der Waals surface area contributed by atoms with Crippen molar-refractivity contribution in [3.05, 3.63) is 69.9 Å². The van der Waals surface area contributed by atoms with E-state index in [1.54, 1.807) is 6.20 Å². The van der Waals surface area contributed by atoms with Gasteiger partial charge < -0.3 is 0 Å². The maximum atomic E-state index is 14.5. The summed E-state index contributed by atoms with van der Waals surface area (Å²) in [6.45, 7) is 8.39. The SMILES string of the molecule is CCCCCCCN1CN(C)C(C2(c3cccc(-n4cc5c(C(F)(F)F)cc(CN6CCC[C@H](C)C6)cn5c4=O)c3)CCCCC2)N1. The van der Waals surface area contributed by atoms with Crippen molar-refractivity contribution >= 4 is 5.52 Å². The van der Waals surface area contributed by atoms with Crippen LogP contribution in [0.2, 0.25) is 0 Å². The summed E-state index contributed by atoms with van der Waals surface area (Å²) in [4.78, 5) is 18.5. The number of piperidine rings is 1. The van der Waals surface area contributed by atoms with Crippen molar-refractivity contribution in [3.8, 4) is 5.69 Å². The molecule has 2 aromatic heterocycles. The number of alkyl halides is 3. The third-order valence-corrected chi connectivity index (χ3v) is 10.9. The van der Waals surface area contributed by atoms with Crippen molar-refractivity contribution in [2.75, 3.05) is 33.4 Å². The quantitative estimate of drug-likeness (QED) is 0.217. The number of fused-ring (bicyclic) bond motifs is 1. The van der Waals surface area contributed by atoms with Gasteiger partial charge in [-0.25, -0.2) is 15.2 Å². The zero-order valence-electron chi connectivity index (χ0n) is 28.5. The Kier molecular flexibility index (Phi) is 10.5. The first-order chi connectivity index (χ1) is 22.6. The summed E-state index contributed by atoms with van der Waals surface area (Å²) in [5, 5.41) is 2.35. The number of hydrazine groups is 1. The van der Waals surface area contributed by atoms with Crippen LogP contribution in [0.4, 0.5) is 13.2 Å². The van der Waals surface area contributed by atoms with Crippen LogP contribution in [0.3, 0.4) is 0 Å². The highest BCUT2D eigenvalue weighted by atomic mass is 19.4. The summed E-state index contributed by atoms with van der Waals surface area (Å²) in [6, 6.07) is 9.25. The summed E-state index contributed by atoms with van der Waals surface area (Å²) in [5.74, 6) is 0.510. The standard InChI is InChI=1S/C37H53F3N6O/c1-4-5-6-7-11-20-44-27-42(3)34(41-44)36(17-9-8-10-18-36)30-15-12-16-31(22-30)45-26-33-32(37(38,39)40)21-29(25-46(33)35(45)47)24-43-19-13-14-28(2)23-43/h12,15-16,21-22,25-26,28,34,41H,4-11,13-14,17-20,23-24,27H2,1-3H3/t28-,34?/m0/s1. The van der Waals surface area contributed by atoms with Crippen LogP contribution in [-0.2, 0) is 18.1 Å². The van der Waals surface area contributed by atoms with Gasteiger partial charge in [0.2, 0.25) is 0 Å². The van der Waals surface area contributed by atoms with E-state index in [0.717, 1.165) is 70.4 Å². The molecule has 1 unspecified atom stereocenters. The van der Waals surface area contributed by atoms with E-state index < -0.39 is 17.4 Å². The molecule has 258 valence electrons. The van der Waals surface area contributed by atoms with Crippen molar-refractivity contribution in [1.82, 2.24) is 29.2 Å². The zero-order chi connectivity index (χ0) is 33.2. The third-order valence-electron chi connectivity index (χ3n) is 10.9. The van der Waals surface area contributed by atoms with Gasteiger partial charge in [0.1, 0.15) is 0 Å². The average Bonchev–Trinajstić information content (AvgIpc) is 3.59. The van der Waals surface area contributed by atoms with Gasteiger partial charge in [0.25, 0.3) is 0 Å². The molecule has 2 aliphatic heterocycles. The number of likely N-dealkylation sites (N-methyl/N-ethyl adjacent to an activating group) is 1. The summed E-state index contributed by atoms with van der Waals surface area (Å²) in [6.07, 6.45) is 12.4. The fraction of sp³-hybridized carbons (Fsp3) is 0.649. The van der Waals surface area contributed by atoms with Gasteiger partial charge in [-0.2, -0.15) is 13.2 Å². The highest BCUT2D eigenvalue weighted by Crippen LogP contribution is 2.45. The number of aromatic nitrogens is 2. The predicted molar refractivity (Wildman–Crippen MR) is 181 cm³/mol. The van der Waals surface area contributed by atoms with E-state index in [1.165, 1.54) is 59.8 Å². The molecule has 6 rings (SSSR count). The van der Waals surface area contributed by atoms with Gasteiger partial charge in [0, 0.05) is 37.4 Å². The number of nitrogens with one attached hydrogen (secondary N) is 1. The summed E-state index contributed by atoms with van der Waals surface area (Å²) < 4.78 is 46.0. The van der Waals surface area contributed by atoms with Gasteiger partial charge >= 0.3 is 11.9 Å². The number of hydrogen-bond donors (Lipinski definition) is 1. The van der Waals surface area contributed by atoms with Crippen molar-refractivity contribution in [3.63, 3.8) is 0 Å². The fourth-order valence-corrected chi connectivity index (χ4v) is 8.55. The second-order valence-corrected chi connectivity index (χ2v) is 14.7. The van der Waals surface area contributed by atoms with Gasteiger partial charge in [-0.3, -0.25) is 18.8 Å². The molecular formula is C37H53F3N6O. The smallest absolute Gasteiger partial charge is 0.299 e. The molecule has 3 aromatic rings. The van der Waals surface area contributed by atoms with Crippen molar-refractivity contribution < 1.29 is 13.2 Å². The molecular weight excluding hydrogens is 601 g/mol. The van der Waals surface area contributed by atoms with Crippen LogP contribution < -0.4 is 11.1 Å². The van der Waals surface area contributed by atoms with E-state index in [4.69, 9.17) is 0 Å². The Balaban J connectivity index is 1.32. The van der Waals surface area contributed by atoms with Crippen molar-refractivity contribution in [2.45, 2.75) is 115 Å². The van der Waals surface area contributed by atoms with Crippen LogP contribution in [0.25, 0.3) is 11.2 Å². The van der Waals surface area contributed by atoms with Gasteiger partial charge in [-0.05, 0) is 80.9 Å². The number of benzene rings is 1. The minimum Gasteiger partial charge on any atom is -0.299 e. The Hall–Kier alpha value is -2.66. The van der Waals surface area contributed by atoms with Crippen LogP contribution >= 0.6 is 0 Å². The predicted octanol–water partition coefficient (Wildman–Crippen LogP) is 7.55. The Bertz CT molecular complexity index is 1560. The highest BCUT2D eigenvalue weighted by Gasteiger charge is 2.47. The van der Waals surface area contributed by atoms with Crippen molar-refractivity contribution in [2.24, 2.45) is 5.92 Å². The Morgan fingerprint density at radius 1 is 1.00 bits per heavy atom. The van der Waals surface area contributed by atoms with E-state index >= 15 is 0 Å². The first kappa shape index (κ1) is 34.2. The molecule has 2 atom stereocenters. The molecule has 10 heteroatoms. The molecule has 47 heavy (non-hydrogen) atoms. The number of likely N-dealkylation sites (tertiary alicyclic amines) is 1. The normalized spacial score (nSPS) is 23.2. The summed E-state index contributed by atoms with van der Waals surface area (Å²) in [5.41, 5.74) is 4.61. The number of hydrogen-bond acceptors (Lipinski definition) is 5. The second kappa shape index (κ2) is 14.4.